The molecule has 0 atom stereocenters. The van der Waals surface area contributed by atoms with Crippen molar-refractivity contribution in [3.63, 3.8) is 0 Å². The van der Waals surface area contributed by atoms with E-state index in [1.807, 2.05) is 0 Å². The van der Waals surface area contributed by atoms with E-state index >= 15 is 0 Å². The summed E-state index contributed by atoms with van der Waals surface area (Å²) in [5.41, 5.74) is 0. The second kappa shape index (κ2) is 23.9. The maximum Gasteiger partial charge on any atom is 3.00 e. The number of nitrogens with zero attached hydrogens (tertiary/aromatic N) is 1. The van der Waals surface area contributed by atoms with Crippen LogP contribution in [-0.4, -0.2) is 41.9 Å². The number of halogens is 3. The quantitative estimate of drug-likeness (QED) is 0.436. The molecular formula is C9H21AlCl3N. The Kier molecular flexibility index (Phi) is 50.3. The topological polar surface area (TPSA) is 3.24 Å². The van der Waals surface area contributed by atoms with Gasteiger partial charge in [0.25, 0.3) is 0 Å². The minimum atomic E-state index is 0. The van der Waals surface area contributed by atoms with Gasteiger partial charge in [0.05, 0.1) is 0 Å². The molecular weight excluding hydrogens is 255 g/mol. The molecule has 86 valence electrons. The van der Waals surface area contributed by atoms with Gasteiger partial charge in [0, 0.05) is 0 Å². The van der Waals surface area contributed by atoms with E-state index in [4.69, 9.17) is 0 Å². The van der Waals surface area contributed by atoms with Crippen molar-refractivity contribution < 1.29 is 37.2 Å². The molecule has 0 unspecified atom stereocenters. The van der Waals surface area contributed by atoms with Crippen LogP contribution in [-0.2, 0) is 0 Å². The molecule has 5 heteroatoms. The molecule has 0 amide bonds. The van der Waals surface area contributed by atoms with E-state index in [2.05, 4.69) is 25.7 Å². The van der Waals surface area contributed by atoms with Crippen molar-refractivity contribution in [1.29, 1.82) is 0 Å². The van der Waals surface area contributed by atoms with E-state index in [-0.39, 0.29) is 54.6 Å². The van der Waals surface area contributed by atoms with Crippen LogP contribution in [0, 0.1) is 0 Å². The SMILES string of the molecule is CCCN(CCC)CCC.[Al+3].[Cl-].[Cl-].[Cl-]. The van der Waals surface area contributed by atoms with Gasteiger partial charge in [0.2, 0.25) is 0 Å². The molecule has 0 aliphatic rings. The first-order chi connectivity index (χ1) is 4.85. The van der Waals surface area contributed by atoms with Gasteiger partial charge in [-0.05, 0) is 38.9 Å². The molecule has 0 saturated carbocycles. The van der Waals surface area contributed by atoms with Crippen LogP contribution in [0.4, 0.5) is 0 Å². The van der Waals surface area contributed by atoms with Crippen molar-refractivity contribution in [2.45, 2.75) is 40.0 Å². The minimum absolute atomic E-state index is 0. The van der Waals surface area contributed by atoms with Gasteiger partial charge in [-0.15, -0.1) is 0 Å². The molecule has 0 aromatic carbocycles. The molecule has 0 bridgehead atoms. The van der Waals surface area contributed by atoms with E-state index in [0.29, 0.717) is 0 Å². The van der Waals surface area contributed by atoms with E-state index in [0.717, 1.165) is 0 Å². The van der Waals surface area contributed by atoms with Crippen molar-refractivity contribution in [2.75, 3.05) is 19.6 Å². The average molecular weight is 277 g/mol. The van der Waals surface area contributed by atoms with Gasteiger partial charge in [-0.25, -0.2) is 0 Å². The number of rotatable bonds is 6. The average Bonchev–Trinajstić information content (AvgIpc) is 1.90. The van der Waals surface area contributed by atoms with Gasteiger partial charge < -0.3 is 42.1 Å². The maximum absolute atomic E-state index is 2.54. The summed E-state index contributed by atoms with van der Waals surface area (Å²) in [5.74, 6) is 0. The summed E-state index contributed by atoms with van der Waals surface area (Å²) in [7, 11) is 0. The third-order valence-electron chi connectivity index (χ3n) is 1.62. The summed E-state index contributed by atoms with van der Waals surface area (Å²) < 4.78 is 0. The van der Waals surface area contributed by atoms with Gasteiger partial charge in [-0.1, -0.05) is 20.8 Å². The zero-order chi connectivity index (χ0) is 7.82. The largest absolute Gasteiger partial charge is 3.00 e. The summed E-state index contributed by atoms with van der Waals surface area (Å²) in [6.45, 7) is 10.6. The summed E-state index contributed by atoms with van der Waals surface area (Å²) >= 11 is 0. The third kappa shape index (κ3) is 19.0. The minimum Gasteiger partial charge on any atom is -1.00 e. The Morgan fingerprint density at radius 1 is 0.643 bits per heavy atom. The molecule has 0 rings (SSSR count). The van der Waals surface area contributed by atoms with Crippen molar-refractivity contribution in [3.8, 4) is 0 Å². The van der Waals surface area contributed by atoms with Gasteiger partial charge in [-0.2, -0.15) is 0 Å². The smallest absolute Gasteiger partial charge is 1.00 e. The van der Waals surface area contributed by atoms with E-state index < -0.39 is 0 Å². The Hall–Kier alpha value is 1.36. The molecule has 0 spiro atoms. The monoisotopic (exact) mass is 275 g/mol. The fourth-order valence-electron chi connectivity index (χ4n) is 1.28. The zero-order valence-corrected chi connectivity index (χ0v) is 12.8. The first-order valence-electron chi connectivity index (χ1n) is 4.57. The second-order valence-electron chi connectivity index (χ2n) is 2.84. The van der Waals surface area contributed by atoms with Gasteiger partial charge in [0.1, 0.15) is 0 Å². The van der Waals surface area contributed by atoms with Gasteiger partial charge in [-0.3, -0.25) is 0 Å². The van der Waals surface area contributed by atoms with Crippen LogP contribution in [0.25, 0.3) is 0 Å². The zero-order valence-electron chi connectivity index (χ0n) is 9.40. The molecule has 0 heterocycles. The summed E-state index contributed by atoms with van der Waals surface area (Å²) in [5, 5.41) is 0. The number of hydrogen-bond acceptors (Lipinski definition) is 1. The second-order valence-corrected chi connectivity index (χ2v) is 2.84. The van der Waals surface area contributed by atoms with Crippen LogP contribution in [0.1, 0.15) is 40.0 Å². The first-order valence-corrected chi connectivity index (χ1v) is 4.57. The Balaban J connectivity index is -0.0000000675. The van der Waals surface area contributed by atoms with Crippen LogP contribution in [0.3, 0.4) is 0 Å². The first kappa shape index (κ1) is 29.5. The third-order valence-corrected chi connectivity index (χ3v) is 1.62. The fourth-order valence-corrected chi connectivity index (χ4v) is 1.28. The molecule has 1 nitrogen and oxygen atoms in total. The Labute approximate surface area is 119 Å². The normalized spacial score (nSPS) is 7.71. The van der Waals surface area contributed by atoms with Crippen LogP contribution in [0.15, 0.2) is 0 Å². The van der Waals surface area contributed by atoms with Crippen LogP contribution < -0.4 is 37.2 Å². The van der Waals surface area contributed by atoms with Crippen LogP contribution in [0.5, 0.6) is 0 Å². The molecule has 0 saturated heterocycles. The Morgan fingerprint density at radius 3 is 1.00 bits per heavy atom. The molecule has 14 heavy (non-hydrogen) atoms. The van der Waals surface area contributed by atoms with Crippen molar-refractivity contribution in [2.24, 2.45) is 0 Å². The summed E-state index contributed by atoms with van der Waals surface area (Å²) in [6, 6.07) is 0. The molecule has 0 aromatic rings. The van der Waals surface area contributed by atoms with Crippen molar-refractivity contribution in [3.05, 3.63) is 0 Å². The molecule has 0 radical (unpaired) electrons. The molecule has 0 aliphatic carbocycles. The maximum atomic E-state index is 2.54. The number of hydrogen-bond donors (Lipinski definition) is 0. The van der Waals surface area contributed by atoms with Crippen molar-refractivity contribution >= 4 is 17.4 Å². The summed E-state index contributed by atoms with van der Waals surface area (Å²) in [6.07, 6.45) is 3.88. The molecule has 0 aliphatic heterocycles. The Bertz CT molecular complexity index is 62.8. The van der Waals surface area contributed by atoms with E-state index in [9.17, 15) is 0 Å². The van der Waals surface area contributed by atoms with Crippen molar-refractivity contribution in [1.82, 2.24) is 4.90 Å². The van der Waals surface area contributed by atoms with E-state index in [1.165, 1.54) is 38.9 Å². The van der Waals surface area contributed by atoms with E-state index in [1.54, 1.807) is 0 Å². The van der Waals surface area contributed by atoms with Gasteiger partial charge in [0.15, 0.2) is 0 Å². The molecule has 0 aromatic heterocycles. The van der Waals surface area contributed by atoms with Gasteiger partial charge >= 0.3 is 17.4 Å². The molecule has 0 N–H and O–H groups in total. The fraction of sp³-hybridized carbons (Fsp3) is 1.00. The standard InChI is InChI=1S/C9H21N.Al.3ClH/c1-4-7-10(8-5-2)9-6-3;;;;/h4-9H2,1-3H3;;3*1H/q;+3;;;/p-3. The summed E-state index contributed by atoms with van der Waals surface area (Å²) in [4.78, 5) is 2.54. The predicted molar refractivity (Wildman–Crippen MR) is 53.1 cm³/mol. The predicted octanol–water partition coefficient (Wildman–Crippen LogP) is -6.85. The van der Waals surface area contributed by atoms with Crippen LogP contribution >= 0.6 is 0 Å². The van der Waals surface area contributed by atoms with Crippen LogP contribution in [0.2, 0.25) is 0 Å². The molecule has 0 fully saturated rings. The Morgan fingerprint density at radius 2 is 0.857 bits per heavy atom.